The number of para-hydroxylation sites is 1. The number of benzene rings is 4. The summed E-state index contributed by atoms with van der Waals surface area (Å²) in [5.74, 6) is 1.73. The normalized spacial score (nSPS) is 11.5. The lowest BCUT2D eigenvalue weighted by molar-refractivity contribution is 0.305. The summed E-state index contributed by atoms with van der Waals surface area (Å²) in [6, 6.07) is 23.3. The topological polar surface area (TPSA) is 69.0 Å². The summed E-state index contributed by atoms with van der Waals surface area (Å²) in [6.07, 6.45) is 1.62. The van der Waals surface area contributed by atoms with Gasteiger partial charge < -0.3 is 14.4 Å². The van der Waals surface area contributed by atoms with Crippen LogP contribution >= 0.6 is 0 Å². The fourth-order valence-corrected chi connectivity index (χ4v) is 4.97. The molecule has 1 heterocycles. The van der Waals surface area contributed by atoms with E-state index in [9.17, 15) is 9.18 Å². The molecular formula is C36H37FN4O3. The minimum atomic E-state index is -0.301. The second-order valence-electron chi connectivity index (χ2n) is 11.1. The highest BCUT2D eigenvalue weighted by molar-refractivity contribution is 5.85. The zero-order valence-electron chi connectivity index (χ0n) is 26.0. The number of nitrogens with zero attached hydrogens (tertiary/aromatic N) is 4. The van der Waals surface area contributed by atoms with Crippen LogP contribution in [0.15, 0.2) is 88.8 Å². The molecule has 226 valence electrons. The molecule has 0 radical (unpaired) electrons. The van der Waals surface area contributed by atoms with Crippen molar-refractivity contribution < 1.29 is 13.9 Å². The molecule has 0 amide bonds. The van der Waals surface area contributed by atoms with E-state index in [1.54, 1.807) is 24.4 Å². The van der Waals surface area contributed by atoms with Crippen LogP contribution in [0.5, 0.6) is 11.5 Å². The van der Waals surface area contributed by atoms with Gasteiger partial charge in [0.15, 0.2) is 5.82 Å². The summed E-state index contributed by atoms with van der Waals surface area (Å²) >= 11 is 0. The summed E-state index contributed by atoms with van der Waals surface area (Å²) < 4.78 is 26.9. The van der Waals surface area contributed by atoms with Gasteiger partial charge in [-0.25, -0.2) is 9.37 Å². The van der Waals surface area contributed by atoms with Crippen molar-refractivity contribution in [2.45, 2.75) is 40.2 Å². The first kappa shape index (κ1) is 30.5. The quantitative estimate of drug-likeness (QED) is 0.157. The standard InChI is InChI=1S/C36H37FN4O3/c1-7-43-34-18-24(4)31(20-30(34)23(2)3)35-39-32-11-9-8-10-29(32)36(42)41(35)38-21-26-14-17-28(40(5)6)19-33(26)44-22-25-12-15-27(37)16-13-25/h8-21,23H,7,22H2,1-6H3. The molecule has 0 fully saturated rings. The highest BCUT2D eigenvalue weighted by Gasteiger charge is 2.19. The van der Waals surface area contributed by atoms with Crippen LogP contribution in [-0.2, 0) is 6.61 Å². The molecule has 0 aliphatic rings. The Bertz CT molecular complexity index is 1880. The van der Waals surface area contributed by atoms with Crippen molar-refractivity contribution in [2.75, 3.05) is 25.6 Å². The highest BCUT2D eigenvalue weighted by Crippen LogP contribution is 2.34. The molecule has 0 atom stereocenters. The summed E-state index contributed by atoms with van der Waals surface area (Å²) in [4.78, 5) is 20.8. The average molecular weight is 593 g/mol. The van der Waals surface area contributed by atoms with Crippen LogP contribution in [-0.4, -0.2) is 36.6 Å². The van der Waals surface area contributed by atoms with Crippen molar-refractivity contribution >= 4 is 22.8 Å². The van der Waals surface area contributed by atoms with Gasteiger partial charge in [-0.15, -0.1) is 0 Å². The lowest BCUT2D eigenvalue weighted by atomic mass is 9.96. The van der Waals surface area contributed by atoms with Crippen molar-refractivity contribution in [1.29, 1.82) is 0 Å². The third-order valence-electron chi connectivity index (χ3n) is 7.41. The Balaban J connectivity index is 1.64. The number of aromatic nitrogens is 2. The number of hydrogen-bond donors (Lipinski definition) is 0. The van der Waals surface area contributed by atoms with Crippen molar-refractivity contribution in [3.8, 4) is 22.9 Å². The van der Waals surface area contributed by atoms with E-state index >= 15 is 0 Å². The van der Waals surface area contributed by atoms with Gasteiger partial charge in [0.1, 0.15) is 23.9 Å². The van der Waals surface area contributed by atoms with Gasteiger partial charge >= 0.3 is 0 Å². The summed E-state index contributed by atoms with van der Waals surface area (Å²) in [6.45, 7) is 8.97. The van der Waals surface area contributed by atoms with Gasteiger partial charge in [0, 0.05) is 37.0 Å². The van der Waals surface area contributed by atoms with E-state index in [0.29, 0.717) is 34.6 Å². The van der Waals surface area contributed by atoms with E-state index in [0.717, 1.165) is 33.7 Å². The monoisotopic (exact) mass is 592 g/mol. The van der Waals surface area contributed by atoms with Crippen molar-refractivity contribution in [2.24, 2.45) is 5.10 Å². The molecule has 0 unspecified atom stereocenters. The SMILES string of the molecule is CCOc1cc(C)c(-c2nc3ccccc3c(=O)n2N=Cc2ccc(N(C)C)cc2OCc2ccc(F)cc2)cc1C(C)C. The summed E-state index contributed by atoms with van der Waals surface area (Å²) in [5, 5.41) is 5.19. The molecule has 5 rings (SSSR count). The van der Waals surface area contributed by atoms with Crippen LogP contribution in [0.25, 0.3) is 22.3 Å². The van der Waals surface area contributed by atoms with E-state index in [1.807, 2.05) is 75.3 Å². The van der Waals surface area contributed by atoms with Crippen molar-refractivity contribution in [1.82, 2.24) is 9.66 Å². The first-order chi connectivity index (χ1) is 21.2. The molecule has 7 nitrogen and oxygen atoms in total. The minimum Gasteiger partial charge on any atom is -0.494 e. The Morgan fingerprint density at radius 3 is 2.43 bits per heavy atom. The van der Waals surface area contributed by atoms with Crippen molar-refractivity contribution in [3.63, 3.8) is 0 Å². The number of aryl methyl sites for hydroxylation is 1. The summed E-state index contributed by atoms with van der Waals surface area (Å²) in [5.41, 5.74) is 5.50. The van der Waals surface area contributed by atoms with Crippen LogP contribution < -0.4 is 19.9 Å². The van der Waals surface area contributed by atoms with Crippen LogP contribution in [0, 0.1) is 12.7 Å². The second kappa shape index (κ2) is 13.1. The van der Waals surface area contributed by atoms with Gasteiger partial charge in [0.25, 0.3) is 5.56 Å². The van der Waals surface area contributed by atoms with E-state index in [1.165, 1.54) is 16.8 Å². The van der Waals surface area contributed by atoms with Gasteiger partial charge in [-0.2, -0.15) is 9.78 Å². The first-order valence-corrected chi connectivity index (χ1v) is 14.7. The first-order valence-electron chi connectivity index (χ1n) is 14.7. The Hall–Kier alpha value is -4.98. The van der Waals surface area contributed by atoms with Crippen LogP contribution in [0.3, 0.4) is 0 Å². The molecule has 0 aliphatic carbocycles. The van der Waals surface area contributed by atoms with Crippen LogP contribution in [0.4, 0.5) is 10.1 Å². The molecule has 1 aromatic heterocycles. The number of fused-ring (bicyclic) bond motifs is 1. The predicted molar refractivity (Wildman–Crippen MR) is 176 cm³/mol. The Morgan fingerprint density at radius 2 is 1.73 bits per heavy atom. The molecule has 4 aromatic carbocycles. The molecule has 0 saturated carbocycles. The minimum absolute atomic E-state index is 0.191. The number of hydrogen-bond acceptors (Lipinski definition) is 6. The van der Waals surface area contributed by atoms with E-state index in [4.69, 9.17) is 19.6 Å². The molecule has 0 bridgehead atoms. The predicted octanol–water partition coefficient (Wildman–Crippen LogP) is 7.56. The highest BCUT2D eigenvalue weighted by atomic mass is 19.1. The van der Waals surface area contributed by atoms with Gasteiger partial charge in [-0.1, -0.05) is 38.1 Å². The third kappa shape index (κ3) is 6.49. The van der Waals surface area contributed by atoms with Gasteiger partial charge in [-0.3, -0.25) is 4.79 Å². The number of rotatable bonds is 10. The van der Waals surface area contributed by atoms with Crippen LogP contribution in [0.1, 0.15) is 48.9 Å². The summed E-state index contributed by atoms with van der Waals surface area (Å²) in [7, 11) is 3.90. The molecule has 0 N–H and O–H groups in total. The molecule has 8 heteroatoms. The largest absolute Gasteiger partial charge is 0.494 e. The second-order valence-corrected chi connectivity index (χ2v) is 11.1. The van der Waals surface area contributed by atoms with Gasteiger partial charge in [-0.05, 0) is 85.0 Å². The van der Waals surface area contributed by atoms with E-state index < -0.39 is 0 Å². The van der Waals surface area contributed by atoms with E-state index in [-0.39, 0.29) is 23.9 Å². The lowest BCUT2D eigenvalue weighted by Gasteiger charge is -2.18. The lowest BCUT2D eigenvalue weighted by Crippen LogP contribution is -2.21. The maximum absolute atomic E-state index is 13.9. The Kier molecular flexibility index (Phi) is 9.09. The molecule has 0 saturated heterocycles. The third-order valence-corrected chi connectivity index (χ3v) is 7.41. The Labute approximate surface area is 257 Å². The molecule has 0 aliphatic heterocycles. The van der Waals surface area contributed by atoms with Crippen molar-refractivity contribution in [3.05, 3.63) is 117 Å². The van der Waals surface area contributed by atoms with Gasteiger partial charge in [0.05, 0.1) is 23.7 Å². The number of anilines is 1. The zero-order valence-corrected chi connectivity index (χ0v) is 26.0. The maximum Gasteiger partial charge on any atom is 0.282 e. The zero-order chi connectivity index (χ0) is 31.4. The number of ether oxygens (including phenoxy) is 2. The fourth-order valence-electron chi connectivity index (χ4n) is 4.97. The number of halogens is 1. The molecule has 5 aromatic rings. The van der Waals surface area contributed by atoms with E-state index in [2.05, 4.69) is 19.9 Å². The Morgan fingerprint density at radius 1 is 0.977 bits per heavy atom. The maximum atomic E-state index is 13.9. The fraction of sp³-hybridized carbons (Fsp3) is 0.250. The van der Waals surface area contributed by atoms with Gasteiger partial charge in [0.2, 0.25) is 0 Å². The smallest absolute Gasteiger partial charge is 0.282 e. The molecular weight excluding hydrogens is 555 g/mol. The molecule has 44 heavy (non-hydrogen) atoms. The molecule has 0 spiro atoms. The average Bonchev–Trinajstić information content (AvgIpc) is 3.00. The van der Waals surface area contributed by atoms with Crippen LogP contribution in [0.2, 0.25) is 0 Å².